The van der Waals surface area contributed by atoms with Gasteiger partial charge in [-0.15, -0.1) is 0 Å². The Morgan fingerprint density at radius 2 is 1.59 bits per heavy atom. The second-order valence-corrected chi connectivity index (χ2v) is 10.7. The van der Waals surface area contributed by atoms with Crippen molar-refractivity contribution in [1.82, 2.24) is 4.90 Å². The van der Waals surface area contributed by atoms with Crippen LogP contribution in [-0.2, 0) is 22.6 Å². The van der Waals surface area contributed by atoms with E-state index in [9.17, 15) is 15.3 Å². The van der Waals surface area contributed by atoms with Gasteiger partial charge in [0.25, 0.3) is 0 Å². The molecule has 4 aromatic rings. The summed E-state index contributed by atoms with van der Waals surface area (Å²) in [4.78, 5) is 2.04. The van der Waals surface area contributed by atoms with Crippen LogP contribution in [-0.4, -0.2) is 46.5 Å². The Bertz CT molecular complexity index is 1410. The van der Waals surface area contributed by atoms with Crippen LogP contribution in [0.4, 0.5) is 0 Å². The number of aliphatic hydroxyl groups is 2. The Hall–Kier alpha value is -3.56. The lowest BCUT2D eigenvalue weighted by Gasteiger charge is -2.38. The van der Waals surface area contributed by atoms with Crippen LogP contribution in [0.5, 0.6) is 5.75 Å². The first-order valence-electron chi connectivity index (χ1n) is 14.0. The van der Waals surface area contributed by atoms with E-state index in [1.807, 2.05) is 60.5 Å². The molecule has 4 aromatic carbocycles. The fraction of sp³-hybridized carbons (Fsp3) is 0.294. The van der Waals surface area contributed by atoms with Gasteiger partial charge in [-0.3, -0.25) is 0 Å². The number of ether oxygens (including phenoxy) is 2. The molecule has 0 spiro atoms. The normalized spacial score (nSPS) is 19.8. The molecule has 7 nitrogen and oxygen atoms in total. The molecule has 1 aliphatic rings. The van der Waals surface area contributed by atoms with E-state index in [1.165, 1.54) is 0 Å². The minimum Gasteiger partial charge on any atom is -0.508 e. The van der Waals surface area contributed by atoms with Crippen molar-refractivity contribution in [2.24, 2.45) is 5.73 Å². The van der Waals surface area contributed by atoms with Crippen LogP contribution in [0.3, 0.4) is 0 Å². The zero-order chi connectivity index (χ0) is 28.8. The maximum absolute atomic E-state index is 10.8. The molecule has 1 fully saturated rings. The van der Waals surface area contributed by atoms with Crippen molar-refractivity contribution < 1.29 is 24.8 Å². The topological polar surface area (TPSA) is 108 Å². The minimum atomic E-state index is -0.741. The summed E-state index contributed by atoms with van der Waals surface area (Å²) >= 11 is 0. The Morgan fingerprint density at radius 1 is 0.854 bits per heavy atom. The number of hydrogen-bond acceptors (Lipinski definition) is 7. The quantitative estimate of drug-likeness (QED) is 0.213. The molecule has 0 unspecified atom stereocenters. The SMILES string of the molecule is CN(C[C@H]1C[C@@H](c2ccc(CO)cc2)O[C@@H](c2ccc(-c3cccc(CN)c3)cc2)O1)C[C@@H](O)c1cccc(O)c1. The Labute approximate surface area is 241 Å². The smallest absolute Gasteiger partial charge is 0.184 e. The molecule has 5 rings (SSSR count). The fourth-order valence-electron chi connectivity index (χ4n) is 5.30. The van der Waals surface area contributed by atoms with E-state index in [-0.39, 0.29) is 24.6 Å². The van der Waals surface area contributed by atoms with Crippen molar-refractivity contribution in [3.8, 4) is 16.9 Å². The summed E-state index contributed by atoms with van der Waals surface area (Å²) in [6.45, 7) is 1.47. The lowest BCUT2D eigenvalue weighted by Crippen LogP contribution is -2.39. The van der Waals surface area contributed by atoms with Gasteiger partial charge in [0.2, 0.25) is 0 Å². The Balaban J connectivity index is 1.33. The van der Waals surface area contributed by atoms with Crippen molar-refractivity contribution in [1.29, 1.82) is 0 Å². The van der Waals surface area contributed by atoms with Gasteiger partial charge in [-0.2, -0.15) is 0 Å². The molecule has 0 radical (unpaired) electrons. The van der Waals surface area contributed by atoms with Crippen LogP contribution in [0.2, 0.25) is 0 Å². The van der Waals surface area contributed by atoms with Gasteiger partial charge < -0.3 is 35.4 Å². The third-order valence-corrected chi connectivity index (χ3v) is 7.55. The molecular formula is C34H38N2O5. The minimum absolute atomic E-state index is 0.00693. The number of aliphatic hydroxyl groups excluding tert-OH is 2. The summed E-state index contributed by atoms with van der Waals surface area (Å²) < 4.78 is 13.0. The largest absolute Gasteiger partial charge is 0.508 e. The number of benzene rings is 4. The lowest BCUT2D eigenvalue weighted by atomic mass is 9.99. The molecule has 0 aliphatic carbocycles. The summed E-state index contributed by atoms with van der Waals surface area (Å²) in [5.41, 5.74) is 12.6. The maximum atomic E-state index is 10.8. The van der Waals surface area contributed by atoms with Gasteiger partial charge in [0.15, 0.2) is 6.29 Å². The van der Waals surface area contributed by atoms with Gasteiger partial charge in [-0.1, -0.05) is 78.9 Å². The van der Waals surface area contributed by atoms with E-state index < -0.39 is 12.4 Å². The van der Waals surface area contributed by atoms with Crippen LogP contribution < -0.4 is 5.73 Å². The van der Waals surface area contributed by atoms with Gasteiger partial charge in [-0.25, -0.2) is 0 Å². The van der Waals surface area contributed by atoms with Crippen LogP contribution in [0.1, 0.15) is 52.7 Å². The number of phenols is 1. The molecule has 214 valence electrons. The Kier molecular flexibility index (Phi) is 9.46. The van der Waals surface area contributed by atoms with Gasteiger partial charge >= 0.3 is 0 Å². The summed E-state index contributed by atoms with van der Waals surface area (Å²) in [6.07, 6.45) is -1.01. The molecule has 4 atom stereocenters. The number of rotatable bonds is 10. The molecule has 7 heteroatoms. The fourth-order valence-corrected chi connectivity index (χ4v) is 5.30. The monoisotopic (exact) mass is 554 g/mol. The molecule has 0 amide bonds. The molecule has 1 aliphatic heterocycles. The highest BCUT2D eigenvalue weighted by Crippen LogP contribution is 2.38. The zero-order valence-electron chi connectivity index (χ0n) is 23.3. The van der Waals surface area contributed by atoms with Crippen molar-refractivity contribution >= 4 is 0 Å². The third kappa shape index (κ3) is 7.40. The van der Waals surface area contributed by atoms with E-state index in [0.29, 0.717) is 31.6 Å². The van der Waals surface area contributed by atoms with Gasteiger partial charge in [0.1, 0.15) is 5.75 Å². The number of aromatic hydroxyl groups is 1. The predicted molar refractivity (Wildman–Crippen MR) is 159 cm³/mol. The summed E-state index contributed by atoms with van der Waals surface area (Å²) in [5.74, 6) is 0.132. The van der Waals surface area contributed by atoms with Crippen molar-refractivity contribution in [2.75, 3.05) is 20.1 Å². The number of hydrogen-bond donors (Lipinski definition) is 4. The maximum Gasteiger partial charge on any atom is 0.184 e. The predicted octanol–water partition coefficient (Wildman–Crippen LogP) is 5.22. The molecular weight excluding hydrogens is 516 g/mol. The first kappa shape index (κ1) is 29.0. The molecule has 41 heavy (non-hydrogen) atoms. The van der Waals surface area contributed by atoms with E-state index in [4.69, 9.17) is 15.2 Å². The third-order valence-electron chi connectivity index (χ3n) is 7.55. The molecule has 5 N–H and O–H groups in total. The van der Waals surface area contributed by atoms with Gasteiger partial charge in [0.05, 0.1) is 24.9 Å². The van der Waals surface area contributed by atoms with Crippen LogP contribution >= 0.6 is 0 Å². The first-order valence-corrected chi connectivity index (χ1v) is 14.0. The highest BCUT2D eigenvalue weighted by molar-refractivity contribution is 5.64. The second kappa shape index (κ2) is 13.4. The van der Waals surface area contributed by atoms with E-state index >= 15 is 0 Å². The van der Waals surface area contributed by atoms with Crippen molar-refractivity contribution in [3.05, 3.63) is 125 Å². The summed E-state index contributed by atoms with van der Waals surface area (Å²) in [6, 6.07) is 31.0. The summed E-state index contributed by atoms with van der Waals surface area (Å²) in [5, 5.41) is 30.0. The number of nitrogens with two attached hydrogens (primary N) is 1. The number of likely N-dealkylation sites (N-methyl/N-ethyl adjacent to an activating group) is 1. The first-order chi connectivity index (χ1) is 19.9. The van der Waals surface area contributed by atoms with Crippen LogP contribution in [0.15, 0.2) is 97.1 Å². The second-order valence-electron chi connectivity index (χ2n) is 10.7. The Morgan fingerprint density at radius 3 is 2.29 bits per heavy atom. The molecule has 0 bridgehead atoms. The molecule has 1 saturated heterocycles. The highest BCUT2D eigenvalue weighted by Gasteiger charge is 2.33. The average Bonchev–Trinajstić information content (AvgIpc) is 3.01. The highest BCUT2D eigenvalue weighted by atomic mass is 16.7. The standard InChI is InChI=1S/C34H38N2O5/c1-36(21-32(39)29-6-3-7-30(38)17-29)20-31-18-33(26-10-8-23(22-37)9-11-26)41-34(40-31)27-14-12-25(13-15-27)28-5-2-4-24(16-28)19-35/h2-17,31-34,37-39H,18-22,35H2,1H3/t31-,32-,33+,34+/m1/s1. The van der Waals surface area contributed by atoms with Crippen molar-refractivity contribution in [2.45, 2.75) is 44.2 Å². The van der Waals surface area contributed by atoms with Crippen LogP contribution in [0, 0.1) is 0 Å². The molecule has 1 heterocycles. The van der Waals surface area contributed by atoms with Gasteiger partial charge in [-0.05, 0) is 58.6 Å². The van der Waals surface area contributed by atoms with E-state index in [2.05, 4.69) is 24.3 Å². The van der Waals surface area contributed by atoms with E-state index in [1.54, 1.807) is 24.3 Å². The number of phenolic OH excluding ortho intramolecular Hbond substituents is 1. The van der Waals surface area contributed by atoms with Crippen molar-refractivity contribution in [3.63, 3.8) is 0 Å². The zero-order valence-corrected chi connectivity index (χ0v) is 23.3. The lowest BCUT2D eigenvalue weighted by molar-refractivity contribution is -0.252. The van der Waals surface area contributed by atoms with Crippen LogP contribution in [0.25, 0.3) is 11.1 Å². The van der Waals surface area contributed by atoms with E-state index in [0.717, 1.165) is 33.4 Å². The number of nitrogens with zero attached hydrogens (tertiary/aromatic N) is 1. The molecule has 0 saturated carbocycles. The van der Waals surface area contributed by atoms with Gasteiger partial charge in [0, 0.05) is 31.6 Å². The summed E-state index contributed by atoms with van der Waals surface area (Å²) in [7, 11) is 1.95. The molecule has 0 aromatic heterocycles. The average molecular weight is 555 g/mol.